The van der Waals surface area contributed by atoms with E-state index in [2.05, 4.69) is 16.1 Å². The standard InChI is InChI=1S/C18H22ClN3O2/c19-15-9-13(10-16-18(15)24-8-7-23-16)11-20-5-4-14-12-22-6-2-1-3-17(22)21-14/h9-10,12,20H,1-8,11H2. The Kier molecular flexibility index (Phi) is 4.63. The highest BCUT2D eigenvalue weighted by molar-refractivity contribution is 6.32. The molecule has 2 aromatic rings. The van der Waals surface area contributed by atoms with Crippen LogP contribution >= 0.6 is 11.6 Å². The van der Waals surface area contributed by atoms with Crippen LogP contribution in [0.15, 0.2) is 18.3 Å². The fourth-order valence-electron chi connectivity index (χ4n) is 3.31. The van der Waals surface area contributed by atoms with Crippen molar-refractivity contribution in [2.45, 2.75) is 38.8 Å². The van der Waals surface area contributed by atoms with Crippen molar-refractivity contribution < 1.29 is 9.47 Å². The van der Waals surface area contributed by atoms with Crippen molar-refractivity contribution >= 4 is 11.6 Å². The molecule has 2 aliphatic rings. The maximum absolute atomic E-state index is 6.27. The zero-order valence-corrected chi connectivity index (χ0v) is 14.4. The van der Waals surface area contributed by atoms with E-state index >= 15 is 0 Å². The van der Waals surface area contributed by atoms with E-state index in [0.29, 0.717) is 24.0 Å². The largest absolute Gasteiger partial charge is 0.486 e. The molecular weight excluding hydrogens is 326 g/mol. The van der Waals surface area contributed by atoms with Crippen molar-refractivity contribution in [2.75, 3.05) is 19.8 Å². The van der Waals surface area contributed by atoms with Gasteiger partial charge < -0.3 is 19.4 Å². The van der Waals surface area contributed by atoms with Gasteiger partial charge >= 0.3 is 0 Å². The first-order valence-electron chi connectivity index (χ1n) is 8.63. The summed E-state index contributed by atoms with van der Waals surface area (Å²) in [6.45, 7) is 3.89. The van der Waals surface area contributed by atoms with Crippen LogP contribution in [0.4, 0.5) is 0 Å². The van der Waals surface area contributed by atoms with Gasteiger partial charge in [-0.05, 0) is 30.5 Å². The summed E-state index contributed by atoms with van der Waals surface area (Å²) in [6, 6.07) is 3.94. The van der Waals surface area contributed by atoms with Gasteiger partial charge in [0.25, 0.3) is 0 Å². The predicted molar refractivity (Wildman–Crippen MR) is 93.0 cm³/mol. The molecule has 0 fully saturated rings. The molecule has 0 saturated carbocycles. The van der Waals surface area contributed by atoms with Gasteiger partial charge in [-0.1, -0.05) is 11.6 Å². The molecule has 0 bridgehead atoms. The quantitative estimate of drug-likeness (QED) is 0.845. The molecular formula is C18H22ClN3O2. The molecule has 2 aliphatic heterocycles. The molecule has 5 nitrogen and oxygen atoms in total. The Bertz CT molecular complexity index is 706. The lowest BCUT2D eigenvalue weighted by molar-refractivity contribution is 0.171. The number of nitrogens with one attached hydrogen (secondary N) is 1. The maximum Gasteiger partial charge on any atom is 0.179 e. The van der Waals surface area contributed by atoms with E-state index in [1.807, 2.05) is 12.1 Å². The second kappa shape index (κ2) is 7.03. The van der Waals surface area contributed by atoms with Gasteiger partial charge in [-0.2, -0.15) is 0 Å². The number of benzene rings is 1. The fraction of sp³-hybridized carbons (Fsp3) is 0.500. The zero-order chi connectivity index (χ0) is 16.4. The Morgan fingerprint density at radius 2 is 2.12 bits per heavy atom. The molecule has 0 amide bonds. The number of aromatic nitrogens is 2. The maximum atomic E-state index is 6.27. The van der Waals surface area contributed by atoms with Gasteiger partial charge in [0.2, 0.25) is 0 Å². The third-order valence-corrected chi connectivity index (χ3v) is 4.78. The molecule has 24 heavy (non-hydrogen) atoms. The molecule has 3 heterocycles. The molecule has 0 saturated heterocycles. The molecule has 6 heteroatoms. The van der Waals surface area contributed by atoms with Crippen LogP contribution in [0.25, 0.3) is 0 Å². The number of aryl methyl sites for hydroxylation is 2. The molecule has 128 valence electrons. The van der Waals surface area contributed by atoms with Crippen LogP contribution in [-0.2, 0) is 25.9 Å². The van der Waals surface area contributed by atoms with Crippen molar-refractivity contribution in [1.29, 1.82) is 0 Å². The summed E-state index contributed by atoms with van der Waals surface area (Å²) in [4.78, 5) is 4.73. The van der Waals surface area contributed by atoms with Crippen LogP contribution in [0.3, 0.4) is 0 Å². The minimum absolute atomic E-state index is 0.555. The lowest BCUT2D eigenvalue weighted by atomic mass is 10.2. The van der Waals surface area contributed by atoms with Crippen LogP contribution in [-0.4, -0.2) is 29.3 Å². The van der Waals surface area contributed by atoms with Crippen molar-refractivity contribution in [3.63, 3.8) is 0 Å². The highest BCUT2D eigenvalue weighted by atomic mass is 35.5. The third kappa shape index (κ3) is 3.37. The highest BCUT2D eigenvalue weighted by Crippen LogP contribution is 2.38. The normalized spacial score (nSPS) is 16.0. The number of halogens is 1. The number of rotatable bonds is 5. The first-order chi connectivity index (χ1) is 11.8. The summed E-state index contributed by atoms with van der Waals surface area (Å²) in [6.07, 6.45) is 6.80. The number of hydrogen-bond acceptors (Lipinski definition) is 4. The van der Waals surface area contributed by atoms with E-state index < -0.39 is 0 Å². The van der Waals surface area contributed by atoms with E-state index in [1.54, 1.807) is 0 Å². The third-order valence-electron chi connectivity index (χ3n) is 4.50. The zero-order valence-electron chi connectivity index (χ0n) is 13.7. The van der Waals surface area contributed by atoms with E-state index in [1.165, 1.54) is 24.4 Å². The second-order valence-electron chi connectivity index (χ2n) is 6.33. The number of nitrogens with zero attached hydrogens (tertiary/aromatic N) is 2. The average molecular weight is 348 g/mol. The Morgan fingerprint density at radius 3 is 3.04 bits per heavy atom. The first kappa shape index (κ1) is 15.8. The van der Waals surface area contributed by atoms with Crippen molar-refractivity contribution in [2.24, 2.45) is 0 Å². The van der Waals surface area contributed by atoms with Gasteiger partial charge in [-0.15, -0.1) is 0 Å². The first-order valence-corrected chi connectivity index (χ1v) is 9.01. The van der Waals surface area contributed by atoms with Gasteiger partial charge in [0.1, 0.15) is 19.0 Å². The van der Waals surface area contributed by atoms with Crippen LogP contribution in [0.5, 0.6) is 11.5 Å². The summed E-state index contributed by atoms with van der Waals surface area (Å²) in [7, 11) is 0. The number of ether oxygens (including phenoxy) is 2. The highest BCUT2D eigenvalue weighted by Gasteiger charge is 2.16. The second-order valence-corrected chi connectivity index (χ2v) is 6.73. The van der Waals surface area contributed by atoms with Crippen LogP contribution in [0.2, 0.25) is 5.02 Å². The minimum atomic E-state index is 0.555. The fourth-order valence-corrected chi connectivity index (χ4v) is 3.60. The predicted octanol–water partition coefficient (Wildman–Crippen LogP) is 2.98. The molecule has 0 aliphatic carbocycles. The van der Waals surface area contributed by atoms with Crippen LogP contribution in [0, 0.1) is 0 Å². The number of imidazole rings is 1. The average Bonchev–Trinajstić information content (AvgIpc) is 3.02. The molecule has 0 spiro atoms. The van der Waals surface area contributed by atoms with Crippen molar-refractivity contribution in [1.82, 2.24) is 14.9 Å². The van der Waals surface area contributed by atoms with E-state index in [9.17, 15) is 0 Å². The minimum Gasteiger partial charge on any atom is -0.486 e. The van der Waals surface area contributed by atoms with E-state index in [4.69, 9.17) is 26.1 Å². The summed E-state index contributed by atoms with van der Waals surface area (Å²) < 4.78 is 13.5. The summed E-state index contributed by atoms with van der Waals surface area (Å²) >= 11 is 6.27. The van der Waals surface area contributed by atoms with Gasteiger partial charge in [0, 0.05) is 38.7 Å². The van der Waals surface area contributed by atoms with Gasteiger partial charge in [-0.25, -0.2) is 4.98 Å². The summed E-state index contributed by atoms with van der Waals surface area (Å²) in [5.74, 6) is 2.65. The molecule has 0 unspecified atom stereocenters. The van der Waals surface area contributed by atoms with Crippen molar-refractivity contribution in [3.8, 4) is 11.5 Å². The van der Waals surface area contributed by atoms with E-state index in [-0.39, 0.29) is 0 Å². The smallest absolute Gasteiger partial charge is 0.179 e. The van der Waals surface area contributed by atoms with Crippen LogP contribution in [0.1, 0.15) is 29.9 Å². The Morgan fingerprint density at radius 1 is 1.21 bits per heavy atom. The number of fused-ring (bicyclic) bond motifs is 2. The molecule has 0 radical (unpaired) electrons. The lowest BCUT2D eigenvalue weighted by Crippen LogP contribution is -2.18. The molecule has 1 N–H and O–H groups in total. The van der Waals surface area contributed by atoms with E-state index in [0.717, 1.165) is 43.8 Å². The van der Waals surface area contributed by atoms with Gasteiger partial charge in [0.05, 0.1) is 10.7 Å². The van der Waals surface area contributed by atoms with Crippen molar-refractivity contribution in [3.05, 3.63) is 40.4 Å². The van der Waals surface area contributed by atoms with Gasteiger partial charge in [0.15, 0.2) is 11.5 Å². The Balaban J connectivity index is 1.31. The molecule has 4 rings (SSSR count). The van der Waals surface area contributed by atoms with Gasteiger partial charge in [-0.3, -0.25) is 0 Å². The Labute approximate surface area is 146 Å². The summed E-state index contributed by atoms with van der Waals surface area (Å²) in [5.41, 5.74) is 2.29. The summed E-state index contributed by atoms with van der Waals surface area (Å²) in [5, 5.41) is 4.08. The molecule has 0 atom stereocenters. The topological polar surface area (TPSA) is 48.3 Å². The molecule has 1 aromatic heterocycles. The Hall–Kier alpha value is -1.72. The SMILES string of the molecule is Clc1cc(CNCCc2cn3c(n2)CCCC3)cc2c1OCCO2. The number of hydrogen-bond donors (Lipinski definition) is 1. The van der Waals surface area contributed by atoms with Crippen LogP contribution < -0.4 is 14.8 Å². The lowest BCUT2D eigenvalue weighted by Gasteiger charge is -2.20. The monoisotopic (exact) mass is 347 g/mol. The molecule has 1 aromatic carbocycles.